The Morgan fingerprint density at radius 2 is 1.65 bits per heavy atom. The Labute approximate surface area is 191 Å². The summed E-state index contributed by atoms with van der Waals surface area (Å²) < 4.78 is 67.1. The number of carbonyl (C=O) groups is 4. The van der Waals surface area contributed by atoms with Gasteiger partial charge in [0.2, 0.25) is 17.7 Å². The van der Waals surface area contributed by atoms with Gasteiger partial charge in [0.05, 0.1) is 23.8 Å². The highest BCUT2D eigenvalue weighted by molar-refractivity contribution is 6.06. The number of hydrogen-bond acceptors (Lipinski definition) is 5. The number of halogens is 5. The molecule has 188 valence electrons. The van der Waals surface area contributed by atoms with E-state index in [9.17, 15) is 41.1 Å². The van der Waals surface area contributed by atoms with Crippen LogP contribution in [-0.4, -0.2) is 76.1 Å². The second kappa shape index (κ2) is 10.8. The molecule has 0 fully saturated rings. The summed E-state index contributed by atoms with van der Waals surface area (Å²) in [6, 6.07) is 6.61. The summed E-state index contributed by atoms with van der Waals surface area (Å²) in [6.45, 7) is -2.73. The monoisotopic (exact) mass is 494 g/mol. The molecule has 1 aliphatic rings. The fraction of sp³-hybridized carbons (Fsp3) is 0.500. The Morgan fingerprint density at radius 1 is 1.06 bits per heavy atom. The number of anilines is 2. The van der Waals surface area contributed by atoms with Gasteiger partial charge in [-0.1, -0.05) is 12.1 Å². The van der Waals surface area contributed by atoms with E-state index in [1.807, 2.05) is 0 Å². The van der Waals surface area contributed by atoms with Crippen LogP contribution in [0.25, 0.3) is 0 Å². The minimum atomic E-state index is -5.85. The number of fused-ring (bicyclic) bond motifs is 1. The lowest BCUT2D eigenvalue weighted by atomic mass is 10.1. The Kier molecular flexibility index (Phi) is 8.53. The first-order valence-corrected chi connectivity index (χ1v) is 9.92. The van der Waals surface area contributed by atoms with Gasteiger partial charge in [-0.25, -0.2) is 0 Å². The Hall–Kier alpha value is -3.29. The Bertz CT molecular complexity index is 940. The molecule has 0 aliphatic carbocycles. The van der Waals surface area contributed by atoms with E-state index in [0.29, 0.717) is 11.4 Å². The molecule has 14 heteroatoms. The maximum atomic E-state index is 12.9. The topological polar surface area (TPSA) is 108 Å². The van der Waals surface area contributed by atoms with Gasteiger partial charge < -0.3 is 25.2 Å². The third kappa shape index (κ3) is 6.40. The van der Waals surface area contributed by atoms with Crippen molar-refractivity contribution < 1.29 is 45.9 Å². The number of amides is 4. The molecule has 1 atom stereocenters. The van der Waals surface area contributed by atoms with Crippen LogP contribution in [0.5, 0.6) is 0 Å². The smallest absolute Gasteiger partial charge is 0.375 e. The number of carbonyl (C=O) groups excluding carboxylic acids is 4. The van der Waals surface area contributed by atoms with E-state index in [0.717, 1.165) is 0 Å². The molecule has 0 radical (unpaired) electrons. The van der Waals surface area contributed by atoms with Crippen LogP contribution in [0.2, 0.25) is 0 Å². The molecule has 0 saturated carbocycles. The first-order chi connectivity index (χ1) is 15.8. The van der Waals surface area contributed by atoms with Gasteiger partial charge in [-0.2, -0.15) is 22.0 Å². The van der Waals surface area contributed by atoms with E-state index in [4.69, 9.17) is 4.74 Å². The highest BCUT2D eigenvalue weighted by Crippen LogP contribution is 2.35. The van der Waals surface area contributed by atoms with Crippen molar-refractivity contribution in [2.75, 3.05) is 50.2 Å². The lowest BCUT2D eigenvalue weighted by Gasteiger charge is -2.24. The Morgan fingerprint density at radius 3 is 2.24 bits per heavy atom. The van der Waals surface area contributed by atoms with Crippen LogP contribution in [0.3, 0.4) is 0 Å². The van der Waals surface area contributed by atoms with Gasteiger partial charge in [0, 0.05) is 27.2 Å². The van der Waals surface area contributed by atoms with Crippen molar-refractivity contribution in [2.45, 2.75) is 18.5 Å². The van der Waals surface area contributed by atoms with Crippen molar-refractivity contribution in [3.05, 3.63) is 24.3 Å². The quantitative estimate of drug-likeness (QED) is 0.416. The zero-order valence-corrected chi connectivity index (χ0v) is 18.2. The van der Waals surface area contributed by atoms with Crippen molar-refractivity contribution in [2.24, 2.45) is 5.92 Å². The fourth-order valence-electron chi connectivity index (χ4n) is 3.17. The molecular weight excluding hydrogens is 471 g/mol. The van der Waals surface area contributed by atoms with Crippen molar-refractivity contribution in [1.29, 1.82) is 0 Å². The van der Waals surface area contributed by atoms with Gasteiger partial charge in [0.25, 0.3) is 5.91 Å². The molecule has 2 N–H and O–H groups in total. The standard InChI is InChI=1S/C20H23F5N4O5/c1-28-13-5-3-4-6-14(13)29(17(32)10-34-2)9-12(18(28)33)8-26-15(30)7-16(31)27-11-19(21,22)20(23,24)25/h3-6,12H,7-11H2,1-2H3,(H,26,30)(H,27,31)/t12-/m0/s1. The number of ether oxygens (including phenoxy) is 1. The molecule has 34 heavy (non-hydrogen) atoms. The molecule has 0 spiro atoms. The van der Waals surface area contributed by atoms with Crippen molar-refractivity contribution in [3.63, 3.8) is 0 Å². The van der Waals surface area contributed by atoms with Gasteiger partial charge in [-0.15, -0.1) is 0 Å². The number of nitrogens with one attached hydrogen (secondary N) is 2. The molecule has 1 aromatic rings. The van der Waals surface area contributed by atoms with Gasteiger partial charge in [0.1, 0.15) is 13.0 Å². The number of hydrogen-bond donors (Lipinski definition) is 2. The molecule has 1 heterocycles. The normalized spacial score (nSPS) is 16.6. The molecule has 1 aromatic carbocycles. The lowest BCUT2D eigenvalue weighted by Crippen LogP contribution is -2.48. The van der Waals surface area contributed by atoms with Crippen molar-refractivity contribution >= 4 is 35.0 Å². The Balaban J connectivity index is 2.03. The molecule has 2 rings (SSSR count). The predicted octanol–water partition coefficient (Wildman–Crippen LogP) is 1.08. The van der Waals surface area contributed by atoms with Gasteiger partial charge in [0.15, 0.2) is 0 Å². The molecule has 1 aliphatic heterocycles. The second-order valence-electron chi connectivity index (χ2n) is 7.48. The van der Waals surface area contributed by atoms with Crippen LogP contribution in [0.4, 0.5) is 33.3 Å². The molecule has 9 nitrogen and oxygen atoms in total. The summed E-state index contributed by atoms with van der Waals surface area (Å²) in [7, 11) is 2.81. The zero-order chi connectivity index (χ0) is 25.7. The molecular formula is C20H23F5N4O5. The number of nitrogens with zero attached hydrogens (tertiary/aromatic N) is 2. The first kappa shape index (κ1) is 27.0. The van der Waals surface area contributed by atoms with Crippen LogP contribution in [0, 0.1) is 5.92 Å². The summed E-state index contributed by atoms with van der Waals surface area (Å²) in [4.78, 5) is 51.7. The molecule has 0 bridgehead atoms. The maximum absolute atomic E-state index is 12.9. The van der Waals surface area contributed by atoms with Crippen LogP contribution in [-0.2, 0) is 23.9 Å². The van der Waals surface area contributed by atoms with Crippen molar-refractivity contribution in [3.8, 4) is 0 Å². The first-order valence-electron chi connectivity index (χ1n) is 9.92. The summed E-state index contributed by atoms with van der Waals surface area (Å²) in [5.41, 5.74) is 0.884. The number of rotatable bonds is 8. The molecule has 0 unspecified atom stereocenters. The van der Waals surface area contributed by atoms with Crippen LogP contribution >= 0.6 is 0 Å². The van der Waals surface area contributed by atoms with E-state index >= 15 is 0 Å². The van der Waals surface area contributed by atoms with Gasteiger partial charge >= 0.3 is 12.1 Å². The predicted molar refractivity (Wildman–Crippen MR) is 109 cm³/mol. The van der Waals surface area contributed by atoms with E-state index in [-0.39, 0.29) is 19.7 Å². The van der Waals surface area contributed by atoms with Crippen LogP contribution in [0.1, 0.15) is 6.42 Å². The molecule has 0 saturated heterocycles. The lowest BCUT2D eigenvalue weighted by molar-refractivity contribution is -0.278. The summed E-state index contributed by atoms with van der Waals surface area (Å²) >= 11 is 0. The SMILES string of the molecule is COCC(=O)N1C[C@H](CNC(=O)CC(=O)NCC(F)(F)C(F)(F)F)C(=O)N(C)c2ccccc21. The molecule has 4 amide bonds. The highest BCUT2D eigenvalue weighted by Gasteiger charge is 2.57. The van der Waals surface area contributed by atoms with E-state index in [1.54, 1.807) is 24.3 Å². The van der Waals surface area contributed by atoms with Crippen molar-refractivity contribution in [1.82, 2.24) is 10.6 Å². The van der Waals surface area contributed by atoms with E-state index in [2.05, 4.69) is 5.32 Å². The third-order valence-corrected chi connectivity index (χ3v) is 4.97. The average molecular weight is 494 g/mol. The number of methoxy groups -OCH3 is 1. The zero-order valence-electron chi connectivity index (χ0n) is 18.2. The fourth-order valence-corrected chi connectivity index (χ4v) is 3.17. The highest BCUT2D eigenvalue weighted by atomic mass is 19.4. The van der Waals surface area contributed by atoms with Gasteiger partial charge in [-0.05, 0) is 12.1 Å². The molecule has 0 aromatic heterocycles. The number of benzene rings is 1. The summed E-state index contributed by atoms with van der Waals surface area (Å²) in [5.74, 6) is -9.34. The van der Waals surface area contributed by atoms with E-state index < -0.39 is 54.6 Å². The largest absolute Gasteiger partial charge is 0.455 e. The summed E-state index contributed by atoms with van der Waals surface area (Å²) in [6.07, 6.45) is -6.88. The maximum Gasteiger partial charge on any atom is 0.455 e. The van der Waals surface area contributed by atoms with Crippen LogP contribution in [0.15, 0.2) is 24.3 Å². The third-order valence-electron chi connectivity index (χ3n) is 4.97. The second-order valence-corrected chi connectivity index (χ2v) is 7.48. The van der Waals surface area contributed by atoms with E-state index in [1.165, 1.54) is 29.3 Å². The minimum Gasteiger partial charge on any atom is -0.375 e. The minimum absolute atomic E-state index is 0.132. The number of para-hydroxylation sites is 2. The van der Waals surface area contributed by atoms with Gasteiger partial charge in [-0.3, -0.25) is 19.2 Å². The average Bonchev–Trinajstić information content (AvgIpc) is 2.86. The van der Waals surface area contributed by atoms with Crippen LogP contribution < -0.4 is 20.4 Å². The number of alkyl halides is 5. The summed E-state index contributed by atoms with van der Waals surface area (Å²) in [5, 5.41) is 3.64.